The zero-order chi connectivity index (χ0) is 56.5. The summed E-state index contributed by atoms with van der Waals surface area (Å²) in [6.07, 6.45) is 43.8. The van der Waals surface area contributed by atoms with Gasteiger partial charge in [-0.1, -0.05) is 251 Å². The molecule has 1 rings (SSSR count). The number of esters is 2. The van der Waals surface area contributed by atoms with Gasteiger partial charge in [-0.05, 0) is 63.4 Å². The lowest BCUT2D eigenvalue weighted by molar-refractivity contribution is -0.214. The van der Waals surface area contributed by atoms with Crippen LogP contribution in [0.1, 0.15) is 309 Å². The van der Waals surface area contributed by atoms with Crippen LogP contribution in [0.5, 0.6) is 0 Å². The molecule has 1 saturated carbocycles. The second-order valence-electron chi connectivity index (χ2n) is 22.9. The van der Waals surface area contributed by atoms with Crippen molar-refractivity contribution in [1.29, 1.82) is 0 Å². The molecular formula is C62H119O13PS. The molecule has 0 spiro atoms. The summed E-state index contributed by atoms with van der Waals surface area (Å²) in [4.78, 5) is 44.5. The number of unbranched alkanes of at least 4 members (excludes halogenated alkanes) is 38. The number of ether oxygens (including phenoxy) is 2. The minimum Gasteiger partial charge on any atom is -0.462 e. The van der Waals surface area contributed by atoms with E-state index in [-0.39, 0.29) is 42.8 Å². The van der Waals surface area contributed by atoms with Gasteiger partial charge in [-0.3, -0.25) is 14.2 Å². The number of hydrogen-bond donors (Lipinski definition) is 7. The normalized spacial score (nSPS) is 19.8. The Morgan fingerprint density at radius 1 is 0.455 bits per heavy atom. The van der Waals surface area contributed by atoms with Gasteiger partial charge in [0.25, 0.3) is 0 Å². The maximum Gasteiger partial charge on any atom is 0.325 e. The average molecular weight is 1140 g/mol. The Balaban J connectivity index is 2.74. The summed E-state index contributed by atoms with van der Waals surface area (Å²) < 4.78 is 28.8. The van der Waals surface area contributed by atoms with Gasteiger partial charge in [-0.15, -0.1) is 0 Å². The van der Waals surface area contributed by atoms with Crippen molar-refractivity contribution in [3.8, 4) is 0 Å². The van der Waals surface area contributed by atoms with E-state index in [1.54, 1.807) is 0 Å². The largest absolute Gasteiger partial charge is 0.462 e. The molecule has 0 radical (unpaired) electrons. The molecule has 77 heavy (non-hydrogen) atoms. The van der Waals surface area contributed by atoms with E-state index >= 15 is 0 Å². The van der Waals surface area contributed by atoms with Crippen molar-refractivity contribution in [2.45, 2.75) is 357 Å². The van der Waals surface area contributed by atoms with E-state index in [0.717, 1.165) is 128 Å². The Morgan fingerprint density at radius 3 is 1.19 bits per heavy atom. The van der Waals surface area contributed by atoms with Crippen molar-refractivity contribution in [1.82, 2.24) is 0 Å². The summed E-state index contributed by atoms with van der Waals surface area (Å²) in [5.74, 6) is -0.656. The third kappa shape index (κ3) is 44.2. The molecule has 0 bridgehead atoms. The Kier molecular flexibility index (Phi) is 49.7. The maximum absolute atomic E-state index is 13.4. The van der Waals surface area contributed by atoms with Gasteiger partial charge in [-0.2, -0.15) is 0 Å². The van der Waals surface area contributed by atoms with Gasteiger partial charge in [0.1, 0.15) is 49.3 Å². The highest BCUT2D eigenvalue weighted by Gasteiger charge is 2.49. The number of aliphatic hydroxyl groups excluding tert-OH is 5. The van der Waals surface area contributed by atoms with Crippen molar-refractivity contribution in [3.63, 3.8) is 0 Å². The Bertz CT molecular complexity index is 1400. The van der Waals surface area contributed by atoms with E-state index in [2.05, 4.69) is 26.0 Å². The fourth-order valence-corrected chi connectivity index (χ4v) is 12.1. The number of rotatable bonds is 56. The Hall–Kier alpha value is -1.06. The third-order valence-corrected chi connectivity index (χ3v) is 17.4. The van der Waals surface area contributed by atoms with Gasteiger partial charge in [0.15, 0.2) is 0 Å². The molecule has 1 aliphatic rings. The first-order valence-corrected chi connectivity index (χ1v) is 34.7. The molecule has 7 N–H and O–H groups in total. The summed E-state index contributed by atoms with van der Waals surface area (Å²) in [6, 6.07) is 0. The van der Waals surface area contributed by atoms with Crippen molar-refractivity contribution in [3.05, 3.63) is 12.2 Å². The number of carbonyl (C=O) groups is 2. The molecule has 1 aliphatic carbocycles. The molecule has 1 fully saturated rings. The average Bonchev–Trinajstić information content (AvgIpc) is 3.40. The highest BCUT2D eigenvalue weighted by atomic mass is 32.2. The summed E-state index contributed by atoms with van der Waals surface area (Å²) in [7, 11) is -3.89. The molecule has 456 valence electrons. The molecule has 0 amide bonds. The molecule has 8 atom stereocenters. The number of hydrogen-bond acceptors (Lipinski definition) is 12. The lowest BCUT2D eigenvalue weighted by atomic mass is 9.85. The van der Waals surface area contributed by atoms with E-state index in [4.69, 9.17) is 23.4 Å². The first kappa shape index (κ1) is 74.0. The second kappa shape index (κ2) is 51.8. The molecule has 0 aromatic rings. The van der Waals surface area contributed by atoms with Crippen LogP contribution < -0.4 is 0 Å². The van der Waals surface area contributed by atoms with Crippen LogP contribution in [0.25, 0.3) is 0 Å². The van der Waals surface area contributed by atoms with E-state index in [1.165, 1.54) is 148 Å². The standard InChI is InChI=1S/C62H119O13PS/c1-3-5-7-9-11-13-15-17-19-24-28-32-36-40-44-48-55(63)73-52-53(74-56(64)49-45-41-37-33-29-25-20-18-16-14-12-10-8-6-4-2)51-54(77-75-62-60(68)58(66)57(65)59(67)61(62)69)47-43-39-35-31-27-23-21-22-26-30-34-38-42-46-50-76(70,71)72/h21,23,53-54,57-62,65-69H,3-20,22,24-52H2,1-2H3,(H2,70,71,72)/b23-21-/t53?,54?,57-,58-,59+,60-,61-,62-/m0/s1. The molecular weight excluding hydrogens is 1020 g/mol. The molecule has 0 aromatic heterocycles. The summed E-state index contributed by atoms with van der Waals surface area (Å²) in [5.41, 5.74) is 0. The summed E-state index contributed by atoms with van der Waals surface area (Å²) in [6.45, 7) is 4.42. The Morgan fingerprint density at radius 2 is 0.792 bits per heavy atom. The van der Waals surface area contributed by atoms with Crippen LogP contribution >= 0.6 is 19.6 Å². The molecule has 0 aliphatic heterocycles. The van der Waals surface area contributed by atoms with Crippen molar-refractivity contribution in [2.24, 2.45) is 0 Å². The SMILES string of the molecule is CCCCCCCCCCCCCCCCCC(=O)OCC(CC(CCCCCC/C=C\CCCCCCCCP(=O)(O)O)SO[C@@H]1[C@@H](O)[C@H](O)[C@@H](O)[C@H](O)[C@@H]1O)OC(=O)CCCCCCCCCCCCCCCCC. The number of carbonyl (C=O) groups excluding carboxylic acids is 2. The predicted octanol–water partition coefficient (Wildman–Crippen LogP) is 15.4. The van der Waals surface area contributed by atoms with Crippen molar-refractivity contribution in [2.75, 3.05) is 12.8 Å². The van der Waals surface area contributed by atoms with Crippen molar-refractivity contribution < 1.29 is 63.1 Å². The lowest BCUT2D eigenvalue weighted by Crippen LogP contribution is -2.63. The molecule has 0 heterocycles. The zero-order valence-electron chi connectivity index (χ0n) is 49.2. The first-order valence-electron chi connectivity index (χ1n) is 32.1. The minimum atomic E-state index is -3.89. The third-order valence-electron chi connectivity index (χ3n) is 15.5. The first-order chi connectivity index (χ1) is 37.3. The highest BCUT2D eigenvalue weighted by molar-refractivity contribution is 7.95. The van der Waals surface area contributed by atoms with Crippen LogP contribution in [-0.4, -0.2) is 108 Å². The van der Waals surface area contributed by atoms with Gasteiger partial charge in [0.2, 0.25) is 0 Å². The zero-order valence-corrected chi connectivity index (χ0v) is 50.9. The van der Waals surface area contributed by atoms with E-state index in [9.17, 15) is 39.7 Å². The molecule has 13 nitrogen and oxygen atoms in total. The van der Waals surface area contributed by atoms with E-state index in [1.807, 2.05) is 0 Å². The van der Waals surface area contributed by atoms with Crippen molar-refractivity contribution >= 4 is 31.6 Å². The number of allylic oxidation sites excluding steroid dienone is 2. The molecule has 15 heteroatoms. The van der Waals surface area contributed by atoms with Crippen LogP contribution in [0.2, 0.25) is 0 Å². The quantitative estimate of drug-likeness (QED) is 0.00991. The van der Waals surface area contributed by atoms with Gasteiger partial charge in [0, 0.05) is 30.7 Å². The van der Waals surface area contributed by atoms with Crippen LogP contribution in [0.15, 0.2) is 12.2 Å². The van der Waals surface area contributed by atoms with E-state index < -0.39 is 50.3 Å². The van der Waals surface area contributed by atoms with Crippen LogP contribution in [-0.2, 0) is 27.8 Å². The fourth-order valence-electron chi connectivity index (χ4n) is 10.4. The van der Waals surface area contributed by atoms with Crippen LogP contribution in [0.4, 0.5) is 0 Å². The summed E-state index contributed by atoms with van der Waals surface area (Å²) >= 11 is 0.992. The highest BCUT2D eigenvalue weighted by Crippen LogP contribution is 2.36. The second-order valence-corrected chi connectivity index (χ2v) is 25.8. The van der Waals surface area contributed by atoms with Crippen LogP contribution in [0, 0.1) is 0 Å². The monoisotopic (exact) mass is 1130 g/mol. The fraction of sp³-hybridized carbons (Fsp3) is 0.935. The minimum absolute atomic E-state index is 0.0281. The summed E-state index contributed by atoms with van der Waals surface area (Å²) in [5, 5.41) is 52.2. The van der Waals surface area contributed by atoms with Gasteiger partial charge < -0.3 is 49.0 Å². The lowest BCUT2D eigenvalue weighted by Gasteiger charge is -2.41. The van der Waals surface area contributed by atoms with Gasteiger partial charge in [-0.25, -0.2) is 0 Å². The van der Waals surface area contributed by atoms with E-state index in [0.29, 0.717) is 19.3 Å². The number of aliphatic hydroxyl groups is 5. The molecule has 2 unspecified atom stereocenters. The predicted molar refractivity (Wildman–Crippen MR) is 317 cm³/mol. The molecule has 0 aromatic carbocycles. The maximum atomic E-state index is 13.4. The van der Waals surface area contributed by atoms with Crippen LogP contribution in [0.3, 0.4) is 0 Å². The smallest absolute Gasteiger partial charge is 0.325 e. The molecule has 0 saturated heterocycles. The topological polar surface area (TPSA) is 221 Å². The Labute approximate surface area is 474 Å². The van der Waals surface area contributed by atoms with Gasteiger partial charge >= 0.3 is 19.5 Å². The van der Waals surface area contributed by atoms with Gasteiger partial charge in [0.05, 0.1) is 0 Å².